The van der Waals surface area contributed by atoms with Gasteiger partial charge in [-0.1, -0.05) is 6.07 Å². The summed E-state index contributed by atoms with van der Waals surface area (Å²) in [6, 6.07) is 4.87. The summed E-state index contributed by atoms with van der Waals surface area (Å²) in [5.41, 5.74) is 7.16. The standard InChI is InChI=1S/C12H16FNO/c13-12-4-10(6-14)3-11(5-12)8-15-7-9-1-2-9/h3-5,9H,1-2,6-8,14H2. The van der Waals surface area contributed by atoms with Crippen LogP contribution in [-0.2, 0) is 17.9 Å². The maximum absolute atomic E-state index is 13.1. The predicted octanol–water partition coefficient (Wildman–Crippen LogP) is 2.21. The Kier molecular flexibility index (Phi) is 3.34. The van der Waals surface area contributed by atoms with Gasteiger partial charge in [-0.05, 0) is 42.0 Å². The lowest BCUT2D eigenvalue weighted by Gasteiger charge is -2.05. The molecule has 0 aliphatic heterocycles. The Bertz CT molecular complexity index is 336. The molecule has 2 nitrogen and oxygen atoms in total. The van der Waals surface area contributed by atoms with Crippen molar-refractivity contribution in [2.75, 3.05) is 6.61 Å². The number of ether oxygens (including phenoxy) is 1. The van der Waals surface area contributed by atoms with E-state index in [1.165, 1.54) is 25.0 Å². The third kappa shape index (κ3) is 3.29. The van der Waals surface area contributed by atoms with E-state index >= 15 is 0 Å². The lowest BCUT2D eigenvalue weighted by atomic mass is 10.1. The summed E-state index contributed by atoms with van der Waals surface area (Å²) in [4.78, 5) is 0. The molecule has 0 saturated heterocycles. The second-order valence-corrected chi connectivity index (χ2v) is 4.13. The third-order valence-corrected chi connectivity index (χ3v) is 2.57. The van der Waals surface area contributed by atoms with Gasteiger partial charge >= 0.3 is 0 Å². The van der Waals surface area contributed by atoms with E-state index in [1.54, 1.807) is 0 Å². The first kappa shape index (κ1) is 10.6. The zero-order chi connectivity index (χ0) is 10.7. The van der Waals surface area contributed by atoms with Crippen LogP contribution < -0.4 is 5.73 Å². The van der Waals surface area contributed by atoms with Gasteiger partial charge < -0.3 is 10.5 Å². The Labute approximate surface area is 89.2 Å². The third-order valence-electron chi connectivity index (χ3n) is 2.57. The fourth-order valence-corrected chi connectivity index (χ4v) is 1.55. The molecule has 3 heteroatoms. The number of halogens is 1. The number of hydrogen-bond donors (Lipinski definition) is 1. The van der Waals surface area contributed by atoms with Gasteiger partial charge in [0.2, 0.25) is 0 Å². The minimum Gasteiger partial charge on any atom is -0.376 e. The van der Waals surface area contributed by atoms with E-state index in [9.17, 15) is 4.39 Å². The van der Waals surface area contributed by atoms with Gasteiger partial charge in [0.15, 0.2) is 0 Å². The van der Waals surface area contributed by atoms with Crippen molar-refractivity contribution in [1.82, 2.24) is 0 Å². The van der Waals surface area contributed by atoms with Gasteiger partial charge in [0.05, 0.1) is 6.61 Å². The van der Waals surface area contributed by atoms with Gasteiger partial charge in [-0.3, -0.25) is 0 Å². The Morgan fingerprint density at radius 2 is 2.00 bits per heavy atom. The summed E-state index contributed by atoms with van der Waals surface area (Å²) in [5.74, 6) is 0.510. The van der Waals surface area contributed by atoms with Crippen LogP contribution in [0.15, 0.2) is 18.2 Å². The summed E-state index contributed by atoms with van der Waals surface area (Å²) in [7, 11) is 0. The van der Waals surface area contributed by atoms with Gasteiger partial charge in [0.25, 0.3) is 0 Å². The van der Waals surface area contributed by atoms with Crippen LogP contribution in [0.4, 0.5) is 4.39 Å². The predicted molar refractivity (Wildman–Crippen MR) is 56.7 cm³/mol. The van der Waals surface area contributed by atoms with Crippen molar-refractivity contribution >= 4 is 0 Å². The molecule has 82 valence electrons. The average molecular weight is 209 g/mol. The maximum atomic E-state index is 13.1. The highest BCUT2D eigenvalue weighted by molar-refractivity contribution is 5.24. The van der Waals surface area contributed by atoms with Crippen molar-refractivity contribution in [3.05, 3.63) is 35.1 Å². The van der Waals surface area contributed by atoms with E-state index < -0.39 is 0 Å². The molecule has 0 atom stereocenters. The van der Waals surface area contributed by atoms with Crippen molar-refractivity contribution < 1.29 is 9.13 Å². The molecule has 2 N–H and O–H groups in total. The van der Waals surface area contributed by atoms with Gasteiger partial charge in [-0.2, -0.15) is 0 Å². The molecule has 0 unspecified atom stereocenters. The van der Waals surface area contributed by atoms with Crippen LogP contribution in [0.2, 0.25) is 0 Å². The van der Waals surface area contributed by atoms with Crippen LogP contribution in [-0.4, -0.2) is 6.61 Å². The molecular formula is C12H16FNO. The van der Waals surface area contributed by atoms with Crippen molar-refractivity contribution in [3.63, 3.8) is 0 Å². The second-order valence-electron chi connectivity index (χ2n) is 4.13. The monoisotopic (exact) mass is 209 g/mol. The highest BCUT2D eigenvalue weighted by Gasteiger charge is 2.21. The van der Waals surface area contributed by atoms with Crippen LogP contribution in [0.5, 0.6) is 0 Å². The summed E-state index contributed by atoms with van der Waals surface area (Å²) in [5, 5.41) is 0. The molecule has 1 aromatic rings. The van der Waals surface area contributed by atoms with Crippen LogP contribution in [0.3, 0.4) is 0 Å². The quantitative estimate of drug-likeness (QED) is 0.807. The second kappa shape index (κ2) is 4.73. The van der Waals surface area contributed by atoms with Crippen molar-refractivity contribution in [2.45, 2.75) is 26.0 Å². The van der Waals surface area contributed by atoms with E-state index in [0.717, 1.165) is 23.7 Å². The largest absolute Gasteiger partial charge is 0.376 e. The molecule has 1 aromatic carbocycles. The van der Waals surface area contributed by atoms with Gasteiger partial charge in [0, 0.05) is 13.2 Å². The molecule has 1 saturated carbocycles. The number of rotatable bonds is 5. The normalized spacial score (nSPS) is 15.6. The molecule has 1 fully saturated rings. The Morgan fingerprint density at radius 1 is 1.27 bits per heavy atom. The first-order chi connectivity index (χ1) is 7.28. The molecule has 0 heterocycles. The zero-order valence-corrected chi connectivity index (χ0v) is 8.71. The molecule has 2 rings (SSSR count). The summed E-state index contributed by atoms with van der Waals surface area (Å²) < 4.78 is 18.6. The Hall–Kier alpha value is -0.930. The first-order valence-electron chi connectivity index (χ1n) is 5.34. The number of nitrogens with two attached hydrogens (primary N) is 1. The van der Waals surface area contributed by atoms with Gasteiger partial charge in [0.1, 0.15) is 5.82 Å². The minimum absolute atomic E-state index is 0.233. The summed E-state index contributed by atoms with van der Waals surface area (Å²) in [6.45, 7) is 1.66. The lowest BCUT2D eigenvalue weighted by molar-refractivity contribution is 0.111. The van der Waals surface area contributed by atoms with Gasteiger partial charge in [-0.15, -0.1) is 0 Å². The molecule has 0 aromatic heterocycles. The summed E-state index contributed by atoms with van der Waals surface area (Å²) >= 11 is 0. The van der Waals surface area contributed by atoms with Crippen molar-refractivity contribution in [3.8, 4) is 0 Å². The zero-order valence-electron chi connectivity index (χ0n) is 8.71. The Morgan fingerprint density at radius 3 is 2.67 bits per heavy atom. The molecule has 15 heavy (non-hydrogen) atoms. The van der Waals surface area contributed by atoms with E-state index in [4.69, 9.17) is 10.5 Å². The number of benzene rings is 1. The smallest absolute Gasteiger partial charge is 0.123 e. The molecule has 0 radical (unpaired) electrons. The van der Waals surface area contributed by atoms with Gasteiger partial charge in [-0.25, -0.2) is 4.39 Å². The molecule has 1 aliphatic rings. The van der Waals surface area contributed by atoms with E-state index in [1.807, 2.05) is 6.07 Å². The van der Waals surface area contributed by atoms with Crippen molar-refractivity contribution in [2.24, 2.45) is 11.7 Å². The van der Waals surface area contributed by atoms with Crippen LogP contribution >= 0.6 is 0 Å². The lowest BCUT2D eigenvalue weighted by Crippen LogP contribution is -2.01. The number of hydrogen-bond acceptors (Lipinski definition) is 2. The molecule has 1 aliphatic carbocycles. The fourth-order valence-electron chi connectivity index (χ4n) is 1.55. The highest BCUT2D eigenvalue weighted by atomic mass is 19.1. The minimum atomic E-state index is -0.233. The maximum Gasteiger partial charge on any atom is 0.123 e. The molecule has 0 bridgehead atoms. The van der Waals surface area contributed by atoms with Crippen LogP contribution in [0, 0.1) is 11.7 Å². The topological polar surface area (TPSA) is 35.2 Å². The fraction of sp³-hybridized carbons (Fsp3) is 0.500. The van der Waals surface area contributed by atoms with Crippen LogP contribution in [0.25, 0.3) is 0 Å². The SMILES string of the molecule is NCc1cc(F)cc(COCC2CC2)c1. The van der Waals surface area contributed by atoms with E-state index in [0.29, 0.717) is 13.2 Å². The average Bonchev–Trinajstić information content (AvgIpc) is 3.01. The van der Waals surface area contributed by atoms with E-state index in [2.05, 4.69) is 0 Å². The molecule has 0 amide bonds. The first-order valence-corrected chi connectivity index (χ1v) is 5.34. The Balaban J connectivity index is 1.90. The molecule has 0 spiro atoms. The molecular weight excluding hydrogens is 193 g/mol. The van der Waals surface area contributed by atoms with Crippen LogP contribution in [0.1, 0.15) is 24.0 Å². The highest BCUT2D eigenvalue weighted by Crippen LogP contribution is 2.29. The van der Waals surface area contributed by atoms with Crippen molar-refractivity contribution in [1.29, 1.82) is 0 Å². The summed E-state index contributed by atoms with van der Waals surface area (Å²) in [6.07, 6.45) is 2.55. The van der Waals surface area contributed by atoms with E-state index in [-0.39, 0.29) is 5.82 Å².